The van der Waals surface area contributed by atoms with Crippen molar-refractivity contribution in [3.63, 3.8) is 0 Å². The van der Waals surface area contributed by atoms with Gasteiger partial charge in [0.15, 0.2) is 0 Å². The van der Waals surface area contributed by atoms with Crippen LogP contribution in [0, 0.1) is 17.7 Å². The van der Waals surface area contributed by atoms with Gasteiger partial charge in [-0.05, 0) is 49.4 Å². The van der Waals surface area contributed by atoms with Crippen LogP contribution in [0.4, 0.5) is 4.39 Å². The molecule has 4 N–H and O–H groups in total. The Bertz CT molecular complexity index is 479. The third-order valence-corrected chi connectivity index (χ3v) is 4.04. The molecule has 1 aromatic rings. The average Bonchev–Trinajstić information content (AvgIpc) is 2.88. The van der Waals surface area contributed by atoms with Crippen LogP contribution >= 0.6 is 0 Å². The van der Waals surface area contributed by atoms with Crippen LogP contribution in [0.5, 0.6) is 0 Å². The quantitative estimate of drug-likeness (QED) is 0.834. The van der Waals surface area contributed by atoms with Gasteiger partial charge in [0.05, 0.1) is 13.2 Å². The molecule has 0 aromatic heterocycles. The Labute approximate surface area is 118 Å². The summed E-state index contributed by atoms with van der Waals surface area (Å²) < 4.78 is 19.2. The third-order valence-electron chi connectivity index (χ3n) is 4.04. The first kappa shape index (κ1) is 14.9. The molecule has 1 amide bonds. The monoisotopic (exact) mass is 280 g/mol. The fourth-order valence-electron chi connectivity index (χ4n) is 2.80. The van der Waals surface area contributed by atoms with Crippen molar-refractivity contribution in [2.45, 2.75) is 25.9 Å². The van der Waals surface area contributed by atoms with Crippen molar-refractivity contribution in [1.29, 1.82) is 0 Å². The van der Waals surface area contributed by atoms with Crippen LogP contribution in [0.1, 0.15) is 35.2 Å². The third kappa shape index (κ3) is 3.55. The summed E-state index contributed by atoms with van der Waals surface area (Å²) in [6.45, 7) is 1.42. The lowest BCUT2D eigenvalue weighted by Gasteiger charge is -2.17. The van der Waals surface area contributed by atoms with Gasteiger partial charge < -0.3 is 16.2 Å². The molecule has 1 fully saturated rings. The van der Waals surface area contributed by atoms with Gasteiger partial charge >= 0.3 is 0 Å². The molecule has 5 heteroatoms. The van der Waals surface area contributed by atoms with Gasteiger partial charge in [-0.25, -0.2) is 4.39 Å². The van der Waals surface area contributed by atoms with Crippen molar-refractivity contribution in [2.75, 3.05) is 13.2 Å². The number of carbonyl (C=O) groups excluding carboxylic acids is 1. The van der Waals surface area contributed by atoms with E-state index < -0.39 is 5.91 Å². The minimum absolute atomic E-state index is 0.154. The van der Waals surface area contributed by atoms with Crippen LogP contribution < -0.4 is 11.5 Å². The number of benzene rings is 1. The maximum absolute atomic E-state index is 13.6. The summed E-state index contributed by atoms with van der Waals surface area (Å²) >= 11 is 0. The second-order valence-corrected chi connectivity index (χ2v) is 5.37. The molecule has 0 heterocycles. The van der Waals surface area contributed by atoms with Crippen LogP contribution in [0.2, 0.25) is 0 Å². The number of rotatable bonds is 6. The summed E-state index contributed by atoms with van der Waals surface area (Å²) in [7, 11) is 0. The Morgan fingerprint density at radius 2 is 2.10 bits per heavy atom. The molecule has 20 heavy (non-hydrogen) atoms. The zero-order valence-electron chi connectivity index (χ0n) is 11.5. The normalized spacial score (nSPS) is 22.1. The van der Waals surface area contributed by atoms with Gasteiger partial charge in [-0.1, -0.05) is 6.42 Å². The molecule has 2 rings (SSSR count). The molecule has 2 unspecified atom stereocenters. The van der Waals surface area contributed by atoms with Crippen molar-refractivity contribution in [2.24, 2.45) is 23.3 Å². The van der Waals surface area contributed by atoms with E-state index in [1.807, 2.05) is 0 Å². The average molecular weight is 280 g/mol. The number of primary amides is 1. The van der Waals surface area contributed by atoms with E-state index in [1.165, 1.54) is 24.6 Å². The summed E-state index contributed by atoms with van der Waals surface area (Å²) in [4.78, 5) is 11.1. The maximum atomic E-state index is 13.6. The fourth-order valence-corrected chi connectivity index (χ4v) is 2.80. The lowest BCUT2D eigenvalue weighted by atomic mass is 9.97. The fraction of sp³-hybridized carbons (Fsp3) is 0.533. The molecule has 1 aliphatic rings. The number of hydrogen-bond acceptors (Lipinski definition) is 3. The molecular formula is C15H21FN2O2. The first-order valence-electron chi connectivity index (χ1n) is 6.98. The van der Waals surface area contributed by atoms with Gasteiger partial charge in [0.25, 0.3) is 0 Å². The van der Waals surface area contributed by atoms with Crippen LogP contribution in [0.3, 0.4) is 0 Å². The molecule has 4 nitrogen and oxygen atoms in total. The number of nitrogens with two attached hydrogens (primary N) is 2. The Morgan fingerprint density at radius 3 is 2.80 bits per heavy atom. The Balaban J connectivity index is 1.90. The summed E-state index contributed by atoms with van der Waals surface area (Å²) in [5.74, 6) is 0.0289. The van der Waals surface area contributed by atoms with Gasteiger partial charge in [0, 0.05) is 11.1 Å². The second kappa shape index (κ2) is 6.81. The largest absolute Gasteiger partial charge is 0.376 e. The first-order chi connectivity index (χ1) is 9.61. The van der Waals surface area contributed by atoms with E-state index in [1.54, 1.807) is 0 Å². The van der Waals surface area contributed by atoms with Crippen LogP contribution in [0.25, 0.3) is 0 Å². The zero-order chi connectivity index (χ0) is 14.5. The van der Waals surface area contributed by atoms with Crippen molar-refractivity contribution >= 4 is 5.91 Å². The van der Waals surface area contributed by atoms with Gasteiger partial charge in [0.1, 0.15) is 5.82 Å². The van der Waals surface area contributed by atoms with E-state index in [0.717, 1.165) is 12.8 Å². The molecule has 0 radical (unpaired) electrons. The predicted molar refractivity (Wildman–Crippen MR) is 74.5 cm³/mol. The number of amides is 1. The number of halogens is 1. The zero-order valence-corrected chi connectivity index (χ0v) is 11.5. The SMILES string of the molecule is NCC1CCCC1COCc1cc(C(N)=O)ccc1F. The van der Waals surface area contributed by atoms with E-state index in [0.29, 0.717) is 36.1 Å². The number of carbonyl (C=O) groups is 1. The summed E-state index contributed by atoms with van der Waals surface area (Å²) in [6.07, 6.45) is 3.45. The Hall–Kier alpha value is -1.46. The molecule has 0 bridgehead atoms. The van der Waals surface area contributed by atoms with Crippen LogP contribution in [-0.4, -0.2) is 19.1 Å². The Kier molecular flexibility index (Phi) is 5.09. The van der Waals surface area contributed by atoms with Crippen molar-refractivity contribution < 1.29 is 13.9 Å². The van der Waals surface area contributed by atoms with E-state index in [-0.39, 0.29) is 12.4 Å². The number of ether oxygens (including phenoxy) is 1. The highest BCUT2D eigenvalue weighted by Crippen LogP contribution is 2.31. The molecule has 0 aliphatic heterocycles. The maximum Gasteiger partial charge on any atom is 0.248 e. The van der Waals surface area contributed by atoms with E-state index in [4.69, 9.17) is 16.2 Å². The van der Waals surface area contributed by atoms with E-state index in [9.17, 15) is 9.18 Å². The van der Waals surface area contributed by atoms with Gasteiger partial charge in [-0.15, -0.1) is 0 Å². The van der Waals surface area contributed by atoms with E-state index >= 15 is 0 Å². The number of hydrogen-bond donors (Lipinski definition) is 2. The molecular weight excluding hydrogens is 259 g/mol. The molecule has 1 saturated carbocycles. The van der Waals surface area contributed by atoms with Gasteiger partial charge in [-0.2, -0.15) is 0 Å². The standard InChI is InChI=1S/C15H21FN2O2/c16-14-5-4-10(15(18)19)6-13(14)9-20-8-12-3-1-2-11(12)7-17/h4-6,11-12H,1-3,7-9,17H2,(H2,18,19). The lowest BCUT2D eigenvalue weighted by Crippen LogP contribution is -2.22. The topological polar surface area (TPSA) is 78.3 Å². The molecule has 0 saturated heterocycles. The van der Waals surface area contributed by atoms with Crippen molar-refractivity contribution in [3.05, 3.63) is 35.1 Å². The minimum Gasteiger partial charge on any atom is -0.376 e. The molecule has 0 spiro atoms. The Morgan fingerprint density at radius 1 is 1.35 bits per heavy atom. The smallest absolute Gasteiger partial charge is 0.248 e. The highest BCUT2D eigenvalue weighted by Gasteiger charge is 2.26. The summed E-state index contributed by atoms with van der Waals surface area (Å²) in [5.41, 5.74) is 11.6. The van der Waals surface area contributed by atoms with Crippen LogP contribution in [0.15, 0.2) is 18.2 Å². The molecule has 2 atom stereocenters. The van der Waals surface area contributed by atoms with E-state index in [2.05, 4.69) is 0 Å². The van der Waals surface area contributed by atoms with Gasteiger partial charge in [0.2, 0.25) is 5.91 Å². The first-order valence-corrected chi connectivity index (χ1v) is 6.98. The predicted octanol–water partition coefficient (Wildman–Crippen LogP) is 1.82. The van der Waals surface area contributed by atoms with Gasteiger partial charge in [-0.3, -0.25) is 4.79 Å². The lowest BCUT2D eigenvalue weighted by molar-refractivity contribution is 0.0736. The highest BCUT2D eigenvalue weighted by atomic mass is 19.1. The molecule has 1 aromatic carbocycles. The molecule has 110 valence electrons. The highest BCUT2D eigenvalue weighted by molar-refractivity contribution is 5.92. The summed E-state index contributed by atoms with van der Waals surface area (Å²) in [6, 6.07) is 4.08. The van der Waals surface area contributed by atoms with Crippen LogP contribution in [-0.2, 0) is 11.3 Å². The minimum atomic E-state index is -0.565. The molecule has 1 aliphatic carbocycles. The summed E-state index contributed by atoms with van der Waals surface area (Å²) in [5, 5.41) is 0. The van der Waals surface area contributed by atoms with Crippen molar-refractivity contribution in [1.82, 2.24) is 0 Å². The second-order valence-electron chi connectivity index (χ2n) is 5.37. The van der Waals surface area contributed by atoms with Crippen molar-refractivity contribution in [3.8, 4) is 0 Å².